The molecule has 1 amide bonds. The number of nitrogens with zero attached hydrogens (tertiary/aromatic N) is 4. The summed E-state index contributed by atoms with van der Waals surface area (Å²) in [5.74, 6) is 0.855. The van der Waals surface area contributed by atoms with Crippen molar-refractivity contribution in [3.63, 3.8) is 0 Å². The number of thioether (sulfide) groups is 1. The van der Waals surface area contributed by atoms with Gasteiger partial charge in [0.2, 0.25) is 5.89 Å². The number of aliphatic imine (C=N–C) groups is 1. The summed E-state index contributed by atoms with van der Waals surface area (Å²) in [5, 5.41) is 11.1. The van der Waals surface area contributed by atoms with E-state index in [2.05, 4.69) is 20.5 Å². The first-order valence-corrected chi connectivity index (χ1v) is 9.88. The fourth-order valence-electron chi connectivity index (χ4n) is 2.70. The number of ether oxygens (including phenoxy) is 1. The van der Waals surface area contributed by atoms with Crippen LogP contribution in [0.3, 0.4) is 0 Å². The van der Waals surface area contributed by atoms with Gasteiger partial charge in [-0.05, 0) is 59.8 Å². The molecule has 3 aromatic rings. The average Bonchev–Trinajstić information content (AvgIpc) is 3.35. The number of hydrogen-bond acceptors (Lipinski definition) is 8. The van der Waals surface area contributed by atoms with Gasteiger partial charge in [0, 0.05) is 25.3 Å². The Labute approximate surface area is 177 Å². The van der Waals surface area contributed by atoms with E-state index in [-0.39, 0.29) is 11.9 Å². The average molecular weight is 421 g/mol. The Kier molecular flexibility index (Phi) is 5.53. The molecule has 0 saturated carbocycles. The quantitative estimate of drug-likeness (QED) is 0.628. The Balaban J connectivity index is 1.49. The molecule has 4 rings (SSSR count). The van der Waals surface area contributed by atoms with Gasteiger partial charge in [0.15, 0.2) is 5.17 Å². The molecule has 0 aliphatic carbocycles. The van der Waals surface area contributed by atoms with Crippen LogP contribution in [-0.2, 0) is 4.79 Å². The summed E-state index contributed by atoms with van der Waals surface area (Å²) in [6.45, 7) is 0. The molecule has 1 aliphatic rings. The topological polar surface area (TPSA) is 92.8 Å². The van der Waals surface area contributed by atoms with E-state index in [0.717, 1.165) is 22.6 Å². The maximum Gasteiger partial charge on any atom is 0.345 e. The Morgan fingerprint density at radius 3 is 2.50 bits per heavy atom. The summed E-state index contributed by atoms with van der Waals surface area (Å²) >= 11 is 1.22. The van der Waals surface area contributed by atoms with Gasteiger partial charge < -0.3 is 19.4 Å². The number of carbonyl (C=O) groups is 1. The fourth-order valence-corrected chi connectivity index (χ4v) is 3.51. The summed E-state index contributed by atoms with van der Waals surface area (Å²) in [5.41, 5.74) is 2.77. The fraction of sp³-hybridized carbons (Fsp3) is 0.143. The van der Waals surface area contributed by atoms with Crippen LogP contribution in [0.25, 0.3) is 17.5 Å². The number of benzene rings is 2. The SMILES string of the molecule is COc1ccc(-c2nnc(N=C3NC(=O)/C(=C/c4ccc(N(C)C)cc4)S3)o2)cc1. The molecule has 9 heteroatoms. The number of carbonyl (C=O) groups excluding carboxylic acids is 1. The highest BCUT2D eigenvalue weighted by Gasteiger charge is 2.24. The molecular formula is C21H19N5O3S. The van der Waals surface area contributed by atoms with Crippen LogP contribution in [0.5, 0.6) is 5.75 Å². The van der Waals surface area contributed by atoms with Gasteiger partial charge in [0.05, 0.1) is 12.0 Å². The molecule has 152 valence electrons. The number of amides is 1. The lowest BCUT2D eigenvalue weighted by Gasteiger charge is -2.11. The molecule has 0 atom stereocenters. The van der Waals surface area contributed by atoms with Gasteiger partial charge in [-0.2, -0.15) is 4.99 Å². The van der Waals surface area contributed by atoms with Crippen LogP contribution in [0.4, 0.5) is 11.7 Å². The second kappa shape index (κ2) is 8.42. The lowest BCUT2D eigenvalue weighted by atomic mass is 10.2. The van der Waals surface area contributed by atoms with Crippen molar-refractivity contribution in [3.8, 4) is 17.2 Å². The minimum atomic E-state index is -0.217. The summed E-state index contributed by atoms with van der Waals surface area (Å²) in [7, 11) is 5.56. The molecule has 2 aromatic carbocycles. The van der Waals surface area contributed by atoms with Crippen LogP contribution >= 0.6 is 11.8 Å². The molecule has 0 bridgehead atoms. The number of hydrogen-bond donors (Lipinski definition) is 1. The van der Waals surface area contributed by atoms with Crippen LogP contribution in [-0.4, -0.2) is 42.5 Å². The standard InChI is InChI=1S/C21H19N5O3S/c1-26(2)15-8-4-13(5-9-15)12-17-18(27)22-21(30-17)23-20-25-24-19(29-20)14-6-10-16(28-3)11-7-14/h4-12H,1-3H3,(H,22,23,25,27)/b17-12-. The highest BCUT2D eigenvalue weighted by atomic mass is 32.2. The molecule has 0 spiro atoms. The zero-order valence-electron chi connectivity index (χ0n) is 16.6. The van der Waals surface area contributed by atoms with Gasteiger partial charge in [-0.1, -0.05) is 17.2 Å². The van der Waals surface area contributed by atoms with E-state index in [1.165, 1.54) is 11.8 Å². The molecule has 1 aliphatic heterocycles. The molecular weight excluding hydrogens is 402 g/mol. The first-order chi connectivity index (χ1) is 14.5. The minimum absolute atomic E-state index is 0.0696. The zero-order valence-corrected chi connectivity index (χ0v) is 17.4. The number of rotatable bonds is 5. The van der Waals surface area contributed by atoms with E-state index in [1.807, 2.05) is 61.5 Å². The molecule has 1 aromatic heterocycles. The smallest absolute Gasteiger partial charge is 0.345 e. The highest BCUT2D eigenvalue weighted by molar-refractivity contribution is 8.18. The van der Waals surface area contributed by atoms with Gasteiger partial charge in [0.25, 0.3) is 5.91 Å². The van der Waals surface area contributed by atoms with Gasteiger partial charge >= 0.3 is 6.01 Å². The Hall–Kier alpha value is -3.59. The van der Waals surface area contributed by atoms with Crippen molar-refractivity contribution in [2.24, 2.45) is 4.99 Å². The van der Waals surface area contributed by atoms with Crippen molar-refractivity contribution in [2.45, 2.75) is 0 Å². The van der Waals surface area contributed by atoms with E-state index in [0.29, 0.717) is 16.0 Å². The summed E-state index contributed by atoms with van der Waals surface area (Å²) in [6.07, 6.45) is 1.82. The first-order valence-electron chi connectivity index (χ1n) is 9.07. The van der Waals surface area contributed by atoms with Crippen molar-refractivity contribution < 1.29 is 13.9 Å². The van der Waals surface area contributed by atoms with Crippen molar-refractivity contribution in [1.29, 1.82) is 0 Å². The van der Waals surface area contributed by atoms with E-state index in [4.69, 9.17) is 9.15 Å². The lowest BCUT2D eigenvalue weighted by Crippen LogP contribution is -2.19. The highest BCUT2D eigenvalue weighted by Crippen LogP contribution is 2.29. The van der Waals surface area contributed by atoms with Crippen LogP contribution in [0.1, 0.15) is 5.56 Å². The Morgan fingerprint density at radius 1 is 1.10 bits per heavy atom. The third-order valence-electron chi connectivity index (χ3n) is 4.31. The molecule has 2 heterocycles. The Bertz CT molecular complexity index is 1120. The number of methoxy groups -OCH3 is 1. The predicted molar refractivity (Wildman–Crippen MR) is 118 cm³/mol. The van der Waals surface area contributed by atoms with Crippen molar-refractivity contribution in [1.82, 2.24) is 15.5 Å². The minimum Gasteiger partial charge on any atom is -0.497 e. The van der Waals surface area contributed by atoms with Crippen LogP contribution in [0.15, 0.2) is 62.8 Å². The monoisotopic (exact) mass is 421 g/mol. The summed E-state index contributed by atoms with van der Waals surface area (Å²) in [4.78, 5) is 19.1. The van der Waals surface area contributed by atoms with Gasteiger partial charge in [-0.3, -0.25) is 4.79 Å². The van der Waals surface area contributed by atoms with Gasteiger partial charge in [-0.25, -0.2) is 0 Å². The molecule has 1 fully saturated rings. The third kappa shape index (κ3) is 4.36. The van der Waals surface area contributed by atoms with Gasteiger partial charge in [-0.15, -0.1) is 5.10 Å². The predicted octanol–water partition coefficient (Wildman–Crippen LogP) is 3.70. The Morgan fingerprint density at radius 2 is 1.83 bits per heavy atom. The molecule has 0 unspecified atom stereocenters. The van der Waals surface area contributed by atoms with E-state index in [1.54, 1.807) is 19.2 Å². The van der Waals surface area contributed by atoms with E-state index >= 15 is 0 Å². The number of nitrogens with one attached hydrogen (secondary N) is 1. The van der Waals surface area contributed by atoms with Crippen LogP contribution < -0.4 is 15.0 Å². The maximum absolute atomic E-state index is 12.3. The summed E-state index contributed by atoms with van der Waals surface area (Å²) < 4.78 is 10.7. The number of aromatic nitrogens is 2. The second-order valence-electron chi connectivity index (χ2n) is 6.59. The first kappa shape index (κ1) is 19.7. The maximum atomic E-state index is 12.3. The van der Waals surface area contributed by atoms with Crippen LogP contribution in [0, 0.1) is 0 Å². The zero-order chi connectivity index (χ0) is 21.1. The number of anilines is 1. The van der Waals surface area contributed by atoms with Crippen molar-refractivity contribution in [3.05, 3.63) is 59.0 Å². The largest absolute Gasteiger partial charge is 0.497 e. The summed E-state index contributed by atoms with van der Waals surface area (Å²) in [6, 6.07) is 15.2. The van der Waals surface area contributed by atoms with E-state index in [9.17, 15) is 4.79 Å². The van der Waals surface area contributed by atoms with Crippen LogP contribution in [0.2, 0.25) is 0 Å². The third-order valence-corrected chi connectivity index (χ3v) is 5.22. The van der Waals surface area contributed by atoms with Crippen molar-refractivity contribution in [2.75, 3.05) is 26.1 Å². The van der Waals surface area contributed by atoms with Crippen molar-refractivity contribution >= 4 is 40.6 Å². The van der Waals surface area contributed by atoms with Gasteiger partial charge in [0.1, 0.15) is 5.75 Å². The van der Waals surface area contributed by atoms with E-state index < -0.39 is 0 Å². The number of amidine groups is 1. The second-order valence-corrected chi connectivity index (χ2v) is 7.62. The normalized spacial score (nSPS) is 16.2. The molecule has 30 heavy (non-hydrogen) atoms. The molecule has 0 radical (unpaired) electrons. The molecule has 1 N–H and O–H groups in total. The molecule has 8 nitrogen and oxygen atoms in total. The molecule has 1 saturated heterocycles. The lowest BCUT2D eigenvalue weighted by molar-refractivity contribution is -0.115.